The molecule has 0 unspecified atom stereocenters. The van der Waals surface area contributed by atoms with Crippen LogP contribution in [0.4, 0.5) is 0 Å². The van der Waals surface area contributed by atoms with E-state index >= 15 is 0 Å². The van der Waals surface area contributed by atoms with Crippen LogP contribution in [0.25, 0.3) is 11.1 Å². The molecule has 7 nitrogen and oxygen atoms in total. The predicted molar refractivity (Wildman–Crippen MR) is 107 cm³/mol. The maximum absolute atomic E-state index is 7.88. The number of hydrogen-bond donors (Lipinski definition) is 2. The van der Waals surface area contributed by atoms with Gasteiger partial charge in [-0.15, -0.1) is 0 Å². The lowest BCUT2D eigenvalue weighted by atomic mass is 10.1. The normalized spacial score (nSPS) is 14.9. The number of oxazole rings is 1. The van der Waals surface area contributed by atoms with Crippen molar-refractivity contribution in [1.29, 1.82) is 10.8 Å². The van der Waals surface area contributed by atoms with E-state index in [0.717, 1.165) is 37.4 Å². The first-order valence-electron chi connectivity index (χ1n) is 9.25. The van der Waals surface area contributed by atoms with Gasteiger partial charge in [0.05, 0.1) is 19.8 Å². The van der Waals surface area contributed by atoms with Gasteiger partial charge in [0, 0.05) is 37.5 Å². The summed E-state index contributed by atoms with van der Waals surface area (Å²) in [6.07, 6.45) is 1.56. The molecule has 28 heavy (non-hydrogen) atoms. The minimum atomic E-state index is 0.329. The van der Waals surface area contributed by atoms with Gasteiger partial charge in [-0.3, -0.25) is 4.90 Å². The van der Waals surface area contributed by atoms with Crippen molar-refractivity contribution in [2.75, 3.05) is 26.3 Å². The van der Waals surface area contributed by atoms with Gasteiger partial charge in [0.25, 0.3) is 0 Å². The Kier molecular flexibility index (Phi) is 5.45. The number of rotatable bonds is 7. The van der Waals surface area contributed by atoms with Crippen LogP contribution < -0.4 is 4.74 Å². The minimum absolute atomic E-state index is 0.329. The molecular formula is C21H22N4O3. The Balaban J connectivity index is 1.45. The number of nitrogens with zero attached hydrogens (tertiary/aromatic N) is 2. The molecule has 2 N–H and O–H groups in total. The fourth-order valence-electron chi connectivity index (χ4n) is 3.11. The van der Waals surface area contributed by atoms with Crippen LogP contribution in [-0.2, 0) is 11.3 Å². The molecule has 0 amide bonds. The number of aromatic nitrogens is 1. The second kappa shape index (κ2) is 8.33. The van der Waals surface area contributed by atoms with E-state index in [1.54, 1.807) is 0 Å². The van der Waals surface area contributed by atoms with Crippen molar-refractivity contribution in [3.63, 3.8) is 0 Å². The summed E-state index contributed by atoms with van der Waals surface area (Å²) in [6.45, 7) is 3.95. The summed E-state index contributed by atoms with van der Waals surface area (Å²) in [6, 6.07) is 12.9. The zero-order valence-corrected chi connectivity index (χ0v) is 15.5. The van der Waals surface area contributed by atoms with Gasteiger partial charge in [-0.25, -0.2) is 4.98 Å². The Bertz CT molecular complexity index is 975. The van der Waals surface area contributed by atoms with Crippen molar-refractivity contribution in [1.82, 2.24) is 9.88 Å². The number of morpholine rings is 1. The maximum atomic E-state index is 7.88. The van der Waals surface area contributed by atoms with Crippen LogP contribution in [0, 0.1) is 10.8 Å². The monoisotopic (exact) mass is 378 g/mol. The lowest BCUT2D eigenvalue weighted by Gasteiger charge is -2.24. The lowest BCUT2D eigenvalue weighted by molar-refractivity contribution is 0.0308. The third-order valence-corrected chi connectivity index (χ3v) is 4.61. The molecule has 1 aliphatic rings. The molecule has 0 aliphatic carbocycles. The lowest BCUT2D eigenvalue weighted by Crippen LogP contribution is -2.35. The van der Waals surface area contributed by atoms with Gasteiger partial charge >= 0.3 is 0 Å². The van der Waals surface area contributed by atoms with E-state index in [1.807, 2.05) is 42.5 Å². The van der Waals surface area contributed by atoms with Crippen molar-refractivity contribution in [3.8, 4) is 11.5 Å². The molecule has 2 heterocycles. The quantitative estimate of drug-likeness (QED) is 0.609. The second-order valence-electron chi connectivity index (χ2n) is 6.64. The molecule has 0 spiro atoms. The number of nitrogens with one attached hydrogen (secondary N) is 2. The Morgan fingerprint density at radius 1 is 1.11 bits per heavy atom. The van der Waals surface area contributed by atoms with Gasteiger partial charge < -0.3 is 24.7 Å². The molecule has 1 aromatic heterocycles. The predicted octanol–water partition coefficient (Wildman–Crippen LogP) is 3.86. The highest BCUT2D eigenvalue weighted by molar-refractivity contribution is 6.04. The van der Waals surface area contributed by atoms with E-state index in [4.69, 9.17) is 24.7 Å². The summed E-state index contributed by atoms with van der Waals surface area (Å²) in [4.78, 5) is 6.82. The number of hydrogen-bond acceptors (Lipinski definition) is 7. The highest BCUT2D eigenvalue weighted by Gasteiger charge is 2.15. The number of benzene rings is 2. The average molecular weight is 378 g/mol. The molecule has 0 bridgehead atoms. The van der Waals surface area contributed by atoms with E-state index in [9.17, 15) is 0 Å². The summed E-state index contributed by atoms with van der Waals surface area (Å²) in [5, 5.41) is 15.0. The summed E-state index contributed by atoms with van der Waals surface area (Å²) in [5.74, 6) is 2.05. The van der Waals surface area contributed by atoms with Crippen LogP contribution in [0.15, 0.2) is 46.9 Å². The zero-order valence-electron chi connectivity index (χ0n) is 15.5. The van der Waals surface area contributed by atoms with Crippen molar-refractivity contribution >= 4 is 23.0 Å². The third kappa shape index (κ3) is 4.27. The summed E-state index contributed by atoms with van der Waals surface area (Å²) >= 11 is 0. The standard InChI is InChI=1S/C21H22N4O3/c22-8-7-18(23)15-1-3-16(4-2-15)27-17-5-6-19-20(13-17)28-21(24-19)14-25-9-11-26-12-10-25/h1-6,8,13,22-23H,7,9-12,14H2. The van der Waals surface area contributed by atoms with Gasteiger partial charge in [0.15, 0.2) is 5.58 Å². The van der Waals surface area contributed by atoms with Crippen LogP contribution in [0.2, 0.25) is 0 Å². The maximum Gasteiger partial charge on any atom is 0.209 e. The fourth-order valence-corrected chi connectivity index (χ4v) is 3.11. The number of ether oxygens (including phenoxy) is 2. The van der Waals surface area contributed by atoms with E-state index in [2.05, 4.69) is 9.88 Å². The van der Waals surface area contributed by atoms with Crippen molar-refractivity contribution in [2.24, 2.45) is 0 Å². The Labute approximate surface area is 162 Å². The minimum Gasteiger partial charge on any atom is -0.457 e. The molecular weight excluding hydrogens is 356 g/mol. The first-order valence-corrected chi connectivity index (χ1v) is 9.25. The molecule has 7 heteroatoms. The Hall–Kier alpha value is -3.03. The summed E-state index contributed by atoms with van der Waals surface area (Å²) in [5.41, 5.74) is 2.71. The average Bonchev–Trinajstić information content (AvgIpc) is 3.11. The Morgan fingerprint density at radius 3 is 2.61 bits per heavy atom. The highest BCUT2D eigenvalue weighted by atomic mass is 16.5. The van der Waals surface area contributed by atoms with Crippen molar-refractivity contribution < 1.29 is 13.9 Å². The molecule has 2 aromatic carbocycles. The van der Waals surface area contributed by atoms with Gasteiger partial charge in [0.1, 0.15) is 17.0 Å². The molecule has 0 saturated carbocycles. The summed E-state index contributed by atoms with van der Waals surface area (Å²) < 4.78 is 17.2. The van der Waals surface area contributed by atoms with E-state index in [0.29, 0.717) is 41.7 Å². The molecule has 4 rings (SSSR count). The van der Waals surface area contributed by atoms with Gasteiger partial charge in [0.2, 0.25) is 5.89 Å². The summed E-state index contributed by atoms with van der Waals surface area (Å²) in [7, 11) is 0. The van der Waals surface area contributed by atoms with Crippen LogP contribution in [0.3, 0.4) is 0 Å². The molecule has 0 radical (unpaired) electrons. The van der Waals surface area contributed by atoms with Gasteiger partial charge in [-0.1, -0.05) is 0 Å². The molecule has 144 valence electrons. The number of fused-ring (bicyclic) bond motifs is 1. The van der Waals surface area contributed by atoms with Crippen molar-refractivity contribution in [3.05, 3.63) is 53.9 Å². The largest absolute Gasteiger partial charge is 0.457 e. The van der Waals surface area contributed by atoms with Crippen LogP contribution >= 0.6 is 0 Å². The van der Waals surface area contributed by atoms with E-state index in [1.165, 1.54) is 6.21 Å². The second-order valence-corrected chi connectivity index (χ2v) is 6.64. The first-order chi connectivity index (χ1) is 13.7. The highest BCUT2D eigenvalue weighted by Crippen LogP contribution is 2.27. The topological polar surface area (TPSA) is 95.4 Å². The Morgan fingerprint density at radius 2 is 1.86 bits per heavy atom. The van der Waals surface area contributed by atoms with Crippen molar-refractivity contribution in [2.45, 2.75) is 13.0 Å². The van der Waals surface area contributed by atoms with Crippen LogP contribution in [0.1, 0.15) is 17.9 Å². The SMILES string of the molecule is N=CCC(=N)c1ccc(Oc2ccc3nc(CN4CCOCC4)oc3c2)cc1. The van der Waals surface area contributed by atoms with Gasteiger partial charge in [-0.05, 0) is 42.0 Å². The molecule has 1 aliphatic heterocycles. The molecule has 0 atom stereocenters. The van der Waals surface area contributed by atoms with Gasteiger partial charge in [-0.2, -0.15) is 0 Å². The first kappa shape index (κ1) is 18.3. The van der Waals surface area contributed by atoms with E-state index < -0.39 is 0 Å². The molecule has 3 aromatic rings. The molecule has 1 saturated heterocycles. The molecule has 1 fully saturated rings. The van der Waals surface area contributed by atoms with E-state index in [-0.39, 0.29) is 0 Å². The smallest absolute Gasteiger partial charge is 0.209 e. The van der Waals surface area contributed by atoms with Crippen LogP contribution in [0.5, 0.6) is 11.5 Å². The third-order valence-electron chi connectivity index (χ3n) is 4.61. The van der Waals surface area contributed by atoms with Crippen LogP contribution in [-0.4, -0.2) is 48.1 Å². The fraction of sp³-hybridized carbons (Fsp3) is 0.286. The zero-order chi connectivity index (χ0) is 19.3.